The van der Waals surface area contributed by atoms with E-state index in [2.05, 4.69) is 15.6 Å². The first kappa shape index (κ1) is 17.8. The van der Waals surface area contributed by atoms with E-state index in [-0.39, 0.29) is 19.1 Å². The highest BCUT2D eigenvalue weighted by Crippen LogP contribution is 2.21. The van der Waals surface area contributed by atoms with Crippen LogP contribution in [-0.2, 0) is 6.54 Å². The summed E-state index contributed by atoms with van der Waals surface area (Å²) in [5, 5.41) is 29.3. The van der Waals surface area contributed by atoms with Gasteiger partial charge in [-0.05, 0) is 30.7 Å². The third-order valence-electron chi connectivity index (χ3n) is 3.96. The summed E-state index contributed by atoms with van der Waals surface area (Å²) < 4.78 is 1.46. The molecule has 1 heterocycles. The summed E-state index contributed by atoms with van der Waals surface area (Å²) in [6.07, 6.45) is 0.775. The summed E-state index contributed by atoms with van der Waals surface area (Å²) in [5.41, 5.74) is 3.47. The van der Waals surface area contributed by atoms with Gasteiger partial charge >= 0.3 is 0 Å². The molecular formula is C19H20N4O3. The highest BCUT2D eigenvalue weighted by atomic mass is 16.3. The molecule has 1 amide bonds. The number of aliphatic hydroxyl groups is 2. The maximum atomic E-state index is 12.6. The van der Waals surface area contributed by atoms with E-state index in [9.17, 15) is 9.90 Å². The molecule has 7 nitrogen and oxygen atoms in total. The normalized spacial score (nSPS) is 12.0. The molecule has 0 unspecified atom stereocenters. The van der Waals surface area contributed by atoms with E-state index in [1.54, 1.807) is 12.3 Å². The van der Waals surface area contributed by atoms with Gasteiger partial charge in [-0.3, -0.25) is 4.79 Å². The largest absolute Gasteiger partial charge is 0.394 e. The molecule has 1 atom stereocenters. The first-order valence-corrected chi connectivity index (χ1v) is 8.23. The Morgan fingerprint density at radius 3 is 2.73 bits per heavy atom. The maximum absolute atomic E-state index is 12.6. The average molecular weight is 352 g/mol. The van der Waals surface area contributed by atoms with Gasteiger partial charge in [0.05, 0.1) is 25.5 Å². The average Bonchev–Trinajstić information content (AvgIpc) is 3.11. The molecule has 0 aliphatic rings. The molecule has 2 aromatic carbocycles. The highest BCUT2D eigenvalue weighted by Gasteiger charge is 2.13. The Morgan fingerprint density at radius 1 is 1.23 bits per heavy atom. The van der Waals surface area contributed by atoms with Gasteiger partial charge in [0.15, 0.2) is 0 Å². The molecule has 0 saturated heterocycles. The molecule has 0 aliphatic carbocycles. The monoisotopic (exact) mass is 352 g/mol. The fraction of sp³-hybridized carbons (Fsp3) is 0.211. The van der Waals surface area contributed by atoms with Crippen molar-refractivity contribution in [2.24, 2.45) is 0 Å². The Hall–Kier alpha value is -3.03. The van der Waals surface area contributed by atoms with Crippen LogP contribution in [0.2, 0.25) is 0 Å². The SMILES string of the molecule is Cc1ccc(-c2cn(C[C@@H](O)CO)nn2)cc1C(=O)Nc1ccccc1. The Balaban J connectivity index is 1.82. The van der Waals surface area contributed by atoms with E-state index in [4.69, 9.17) is 5.11 Å². The summed E-state index contributed by atoms with van der Waals surface area (Å²) >= 11 is 0. The molecule has 0 spiro atoms. The molecule has 0 fully saturated rings. The first-order valence-electron chi connectivity index (χ1n) is 8.23. The smallest absolute Gasteiger partial charge is 0.255 e. The second kappa shape index (κ2) is 7.90. The molecule has 0 aliphatic heterocycles. The third kappa shape index (κ3) is 4.14. The number of anilines is 1. The molecule has 3 rings (SSSR count). The van der Waals surface area contributed by atoms with Crippen molar-refractivity contribution in [1.29, 1.82) is 0 Å². The number of para-hydroxylation sites is 1. The Kier molecular flexibility index (Phi) is 5.40. The van der Waals surface area contributed by atoms with Crippen LogP contribution < -0.4 is 5.32 Å². The molecule has 0 saturated carbocycles. The van der Waals surface area contributed by atoms with Crippen molar-refractivity contribution in [3.05, 3.63) is 65.9 Å². The number of benzene rings is 2. The van der Waals surface area contributed by atoms with Crippen molar-refractivity contribution in [2.75, 3.05) is 11.9 Å². The number of aliphatic hydroxyl groups excluding tert-OH is 2. The molecule has 3 N–H and O–H groups in total. The van der Waals surface area contributed by atoms with Gasteiger partial charge in [-0.15, -0.1) is 5.10 Å². The topological polar surface area (TPSA) is 100 Å². The van der Waals surface area contributed by atoms with Crippen molar-refractivity contribution in [1.82, 2.24) is 15.0 Å². The van der Waals surface area contributed by atoms with E-state index >= 15 is 0 Å². The number of amides is 1. The van der Waals surface area contributed by atoms with Gasteiger partial charge < -0.3 is 15.5 Å². The second-order valence-electron chi connectivity index (χ2n) is 6.01. The minimum absolute atomic E-state index is 0.150. The lowest BCUT2D eigenvalue weighted by molar-refractivity contribution is 0.0778. The van der Waals surface area contributed by atoms with Crippen molar-refractivity contribution < 1.29 is 15.0 Å². The van der Waals surface area contributed by atoms with Crippen LogP contribution in [0.1, 0.15) is 15.9 Å². The lowest BCUT2D eigenvalue weighted by Crippen LogP contribution is -2.20. The van der Waals surface area contributed by atoms with Gasteiger partial charge in [0, 0.05) is 16.8 Å². The summed E-state index contributed by atoms with van der Waals surface area (Å²) in [4.78, 5) is 12.6. The van der Waals surface area contributed by atoms with E-state index in [1.807, 2.05) is 49.4 Å². The minimum atomic E-state index is -0.894. The van der Waals surface area contributed by atoms with Gasteiger partial charge in [-0.1, -0.05) is 35.5 Å². The summed E-state index contributed by atoms with van der Waals surface area (Å²) in [5.74, 6) is -0.196. The fourth-order valence-corrected chi connectivity index (χ4v) is 2.54. The molecular weight excluding hydrogens is 332 g/mol. The van der Waals surface area contributed by atoms with Crippen molar-refractivity contribution in [3.63, 3.8) is 0 Å². The minimum Gasteiger partial charge on any atom is -0.394 e. The lowest BCUT2D eigenvalue weighted by Gasteiger charge is -2.09. The Morgan fingerprint density at radius 2 is 2.00 bits per heavy atom. The summed E-state index contributed by atoms with van der Waals surface area (Å²) in [7, 11) is 0. The molecule has 3 aromatic rings. The number of aryl methyl sites for hydroxylation is 1. The number of hydrogen-bond donors (Lipinski definition) is 3. The zero-order valence-electron chi connectivity index (χ0n) is 14.3. The number of nitrogens with one attached hydrogen (secondary N) is 1. The fourth-order valence-electron chi connectivity index (χ4n) is 2.54. The van der Waals surface area contributed by atoms with Gasteiger partial charge in [-0.2, -0.15) is 0 Å². The van der Waals surface area contributed by atoms with Crippen molar-refractivity contribution in [2.45, 2.75) is 19.6 Å². The summed E-state index contributed by atoms with van der Waals surface area (Å²) in [6.45, 7) is 1.68. The maximum Gasteiger partial charge on any atom is 0.255 e. The van der Waals surface area contributed by atoms with Crippen LogP contribution in [0.3, 0.4) is 0 Å². The molecule has 26 heavy (non-hydrogen) atoms. The lowest BCUT2D eigenvalue weighted by atomic mass is 10.0. The van der Waals surface area contributed by atoms with Crippen LogP contribution in [-0.4, -0.2) is 43.8 Å². The Labute approximate surface area is 150 Å². The van der Waals surface area contributed by atoms with Crippen LogP contribution in [0.5, 0.6) is 0 Å². The predicted octanol–water partition coefficient (Wildman–Crippen LogP) is 1.86. The first-order chi connectivity index (χ1) is 12.6. The van der Waals surface area contributed by atoms with Crippen LogP contribution in [0.25, 0.3) is 11.3 Å². The van der Waals surface area contributed by atoms with Gasteiger partial charge in [-0.25, -0.2) is 4.68 Å². The van der Waals surface area contributed by atoms with Crippen molar-refractivity contribution in [3.8, 4) is 11.3 Å². The quantitative estimate of drug-likeness (QED) is 0.629. The highest BCUT2D eigenvalue weighted by molar-refractivity contribution is 6.05. The van der Waals surface area contributed by atoms with Crippen LogP contribution in [0, 0.1) is 6.92 Å². The molecule has 7 heteroatoms. The number of aromatic nitrogens is 3. The number of carbonyl (C=O) groups is 1. The van der Waals surface area contributed by atoms with E-state index in [1.165, 1.54) is 4.68 Å². The standard InChI is InChI=1S/C19H20N4O3/c1-13-7-8-14(18-11-23(22-21-18)10-16(25)12-24)9-17(13)19(26)20-15-5-3-2-4-6-15/h2-9,11,16,24-25H,10,12H2,1H3,(H,20,26)/t16-/m1/s1. The van der Waals surface area contributed by atoms with Crippen LogP contribution in [0.4, 0.5) is 5.69 Å². The van der Waals surface area contributed by atoms with Crippen molar-refractivity contribution >= 4 is 11.6 Å². The van der Waals surface area contributed by atoms with Crippen LogP contribution in [0.15, 0.2) is 54.7 Å². The van der Waals surface area contributed by atoms with Gasteiger partial charge in [0.2, 0.25) is 0 Å². The summed E-state index contributed by atoms with van der Waals surface area (Å²) in [6, 6.07) is 14.8. The zero-order valence-corrected chi connectivity index (χ0v) is 14.3. The Bertz CT molecular complexity index is 893. The second-order valence-corrected chi connectivity index (χ2v) is 6.01. The van der Waals surface area contributed by atoms with E-state index < -0.39 is 6.10 Å². The number of nitrogens with zero attached hydrogens (tertiary/aromatic N) is 3. The number of rotatable bonds is 6. The van der Waals surface area contributed by atoms with Gasteiger partial charge in [0.1, 0.15) is 5.69 Å². The molecule has 1 aromatic heterocycles. The number of hydrogen-bond acceptors (Lipinski definition) is 5. The van der Waals surface area contributed by atoms with Gasteiger partial charge in [0.25, 0.3) is 5.91 Å². The van der Waals surface area contributed by atoms with E-state index in [0.29, 0.717) is 11.3 Å². The predicted molar refractivity (Wildman–Crippen MR) is 97.7 cm³/mol. The van der Waals surface area contributed by atoms with E-state index in [0.717, 1.165) is 16.8 Å². The zero-order chi connectivity index (χ0) is 18.5. The van der Waals surface area contributed by atoms with Crippen LogP contribution >= 0.6 is 0 Å². The molecule has 134 valence electrons. The molecule has 0 bridgehead atoms. The number of carbonyl (C=O) groups excluding carboxylic acids is 1. The third-order valence-corrected chi connectivity index (χ3v) is 3.96. The molecule has 0 radical (unpaired) electrons.